The number of carbonyl (C=O) groups excluding carboxylic acids is 3. The summed E-state index contributed by atoms with van der Waals surface area (Å²) in [5.74, 6) is 3.62. The topological polar surface area (TPSA) is 175 Å². The number of piperidine rings is 2. The van der Waals surface area contributed by atoms with Gasteiger partial charge in [0.2, 0.25) is 11.8 Å². The van der Waals surface area contributed by atoms with Crippen molar-refractivity contribution in [1.82, 2.24) is 43.7 Å². The van der Waals surface area contributed by atoms with Gasteiger partial charge in [-0.15, -0.1) is 0 Å². The smallest absolute Gasteiger partial charge is 0.329 e. The number of halogens is 2. The quantitative estimate of drug-likeness (QED) is 0.153. The normalized spacial score (nSPS) is 30.2. The fourth-order valence-corrected chi connectivity index (χ4v) is 9.22. The molecular weight excluding hydrogens is 817 g/mol. The van der Waals surface area contributed by atoms with Crippen molar-refractivity contribution in [2.45, 2.75) is 94.4 Å². The average Bonchev–Trinajstić information content (AvgIpc) is 4.19. The summed E-state index contributed by atoms with van der Waals surface area (Å²) in [6.07, 6.45) is -7.19. The Kier molecular flexibility index (Phi) is 8.56. The van der Waals surface area contributed by atoms with Crippen molar-refractivity contribution in [3.05, 3.63) is 70.2 Å². The number of imidazole rings is 1. The molecule has 8 heterocycles. The minimum absolute atomic E-state index is 0.0244. The van der Waals surface area contributed by atoms with E-state index in [9.17, 15) is 28.0 Å². The number of rotatable bonds is 10. The molecule has 19 heteroatoms. The zero-order valence-corrected chi connectivity index (χ0v) is 34.0. The molecule has 4 aliphatic heterocycles. The molecule has 1 saturated carbocycles. The highest BCUT2D eigenvalue weighted by molar-refractivity contribution is 6.08. The zero-order chi connectivity index (χ0) is 51.4. The number of aryl methyl sites for hydroxylation is 1. The Hall–Kier alpha value is -5.97. The predicted molar refractivity (Wildman–Crippen MR) is 226 cm³/mol. The molecule has 3 amide bonds. The minimum Gasteiger partial charge on any atom is -0.374 e. The summed E-state index contributed by atoms with van der Waals surface area (Å²) in [6, 6.07) is 5.19. The van der Waals surface area contributed by atoms with Gasteiger partial charge in [-0.25, -0.2) is 23.1 Å². The van der Waals surface area contributed by atoms with Gasteiger partial charge in [0.25, 0.3) is 12.3 Å². The van der Waals surface area contributed by atoms with E-state index in [1.165, 1.54) is 37.8 Å². The molecule has 0 spiro atoms. The van der Waals surface area contributed by atoms with Gasteiger partial charge >= 0.3 is 5.69 Å². The SMILES string of the molecule is [2H]C1([2H])N(CC2CCC(n3cc(NC(=O)c4cnn5ccc(N6C[C@H]7C[C@@H]6CO7)nc45)c(C(F)F)n3)CC2)C([2H])([2H])C([2H])([2H])C([2H])(OCC#Cc2cccc3c2n(C)c(=O)n3C2CCC(=O)NC2=O)C1([2H])[2H]. The summed E-state index contributed by atoms with van der Waals surface area (Å²) in [7, 11) is 1.45. The molecular formula is C44H49F2N11O6. The largest absolute Gasteiger partial charge is 0.374 e. The van der Waals surface area contributed by atoms with Crippen molar-refractivity contribution >= 4 is 45.9 Å². The third-order valence-electron chi connectivity index (χ3n) is 12.4. The monoisotopic (exact) mass is 874 g/mol. The van der Waals surface area contributed by atoms with Gasteiger partial charge in [-0.2, -0.15) is 10.2 Å². The first-order chi connectivity index (χ1) is 34.0. The molecule has 1 unspecified atom stereocenters. The number of likely N-dealkylation sites (tertiary alicyclic amines) is 1. The molecule has 4 saturated heterocycles. The van der Waals surface area contributed by atoms with Crippen LogP contribution < -0.4 is 21.2 Å². The third kappa shape index (κ3) is 8.00. The number of alkyl halides is 2. The van der Waals surface area contributed by atoms with E-state index in [1.54, 1.807) is 30.5 Å². The number of para-hydroxylation sites is 1. The summed E-state index contributed by atoms with van der Waals surface area (Å²) >= 11 is 0. The lowest BCUT2D eigenvalue weighted by atomic mass is 9.85. The van der Waals surface area contributed by atoms with Gasteiger partial charge in [0, 0.05) is 62.9 Å². The van der Waals surface area contributed by atoms with E-state index in [0.29, 0.717) is 34.9 Å². The maximum Gasteiger partial charge on any atom is 0.329 e. The first-order valence-corrected chi connectivity index (χ1v) is 20.8. The van der Waals surface area contributed by atoms with Gasteiger partial charge in [-0.3, -0.25) is 33.5 Å². The van der Waals surface area contributed by atoms with Crippen LogP contribution in [-0.4, -0.2) is 114 Å². The van der Waals surface area contributed by atoms with Crippen molar-refractivity contribution in [2.24, 2.45) is 13.0 Å². The van der Waals surface area contributed by atoms with E-state index in [0.717, 1.165) is 6.42 Å². The van der Waals surface area contributed by atoms with Crippen molar-refractivity contribution < 1.29 is 45.0 Å². The lowest BCUT2D eigenvalue weighted by Crippen LogP contribution is -2.44. The molecule has 1 aliphatic carbocycles. The van der Waals surface area contributed by atoms with Crippen LogP contribution in [0.1, 0.15) is 110 Å². The number of nitrogens with one attached hydrogen (secondary N) is 2. The maximum absolute atomic E-state index is 14.4. The number of nitrogens with zero attached hydrogens (tertiary/aromatic N) is 9. The summed E-state index contributed by atoms with van der Waals surface area (Å²) in [6.45, 7) is -6.78. The van der Waals surface area contributed by atoms with Crippen LogP contribution in [0, 0.1) is 17.8 Å². The van der Waals surface area contributed by atoms with Gasteiger partial charge in [0.1, 0.15) is 24.0 Å². The Labute approximate surface area is 373 Å². The second-order valence-corrected chi connectivity index (χ2v) is 16.3. The molecule has 63 heavy (non-hydrogen) atoms. The van der Waals surface area contributed by atoms with Crippen LogP contribution in [0.4, 0.5) is 20.3 Å². The fourth-order valence-electron chi connectivity index (χ4n) is 9.22. The number of aromatic nitrogens is 7. The van der Waals surface area contributed by atoms with E-state index in [-0.39, 0.29) is 73.1 Å². The summed E-state index contributed by atoms with van der Waals surface area (Å²) in [5.41, 5.74) is -0.306. The number of fused-ring (bicyclic) bond motifs is 4. The van der Waals surface area contributed by atoms with Crippen molar-refractivity contribution in [1.29, 1.82) is 0 Å². The number of hydrogen-bond acceptors (Lipinski definition) is 11. The highest BCUT2D eigenvalue weighted by Gasteiger charge is 2.40. The van der Waals surface area contributed by atoms with Crippen LogP contribution >= 0.6 is 0 Å². The number of hydrogen-bond donors (Lipinski definition) is 2. The van der Waals surface area contributed by atoms with Gasteiger partial charge in [-0.05, 0) is 75.4 Å². The van der Waals surface area contributed by atoms with Crippen molar-refractivity contribution in [2.75, 3.05) is 49.5 Å². The Bertz CT molecular complexity index is 3110. The molecule has 10 rings (SSSR count). The minimum atomic E-state index is -3.52. The Morgan fingerprint density at radius 3 is 2.70 bits per heavy atom. The number of carbonyl (C=O) groups is 3. The maximum atomic E-state index is 14.4. The number of imide groups is 1. The molecule has 1 aromatic carbocycles. The van der Waals surface area contributed by atoms with Crippen LogP contribution in [0.5, 0.6) is 0 Å². The molecule has 3 atom stereocenters. The summed E-state index contributed by atoms with van der Waals surface area (Å²) in [5, 5.41) is 13.1. The molecule has 5 aromatic rings. The predicted octanol–water partition coefficient (Wildman–Crippen LogP) is 3.99. The molecule has 4 aromatic heterocycles. The van der Waals surface area contributed by atoms with E-state index in [1.807, 2.05) is 0 Å². The standard InChI is InChI=1S/C44H49F2N11O6/c1-52-39-27(4-2-6-34(39)57(44(52)61)35-11-12-37(58)50-43(35)60)5-3-19-62-30-13-16-53(17-14-30)22-26-7-9-28(10-8-26)56-24-33(38(51-56)40(45)46)48-42(59)32-21-47-55-18-15-36(49-41(32)55)54-23-31-20-29(54)25-63-31/h2,4,6,15,18,21,24,26,28-31,35,40H,7-14,16-17,19-20,22-23,25H2,1H3,(H,48,59)(H,50,58,60)/t26?,28?,29-,31-,35?/m1/s1/i13D2,14D2,16D2,17D2,30D. The fraction of sp³-hybridized carbons (Fsp3) is 0.523. The van der Waals surface area contributed by atoms with Crippen molar-refractivity contribution in [3.63, 3.8) is 0 Å². The second-order valence-electron chi connectivity index (χ2n) is 16.3. The number of amides is 3. The van der Waals surface area contributed by atoms with Crippen LogP contribution in [0.2, 0.25) is 0 Å². The Morgan fingerprint density at radius 2 is 1.95 bits per heavy atom. The Morgan fingerprint density at radius 1 is 1.13 bits per heavy atom. The van der Waals surface area contributed by atoms with Crippen LogP contribution in [0.3, 0.4) is 0 Å². The van der Waals surface area contributed by atoms with Crippen LogP contribution in [0.25, 0.3) is 16.7 Å². The van der Waals surface area contributed by atoms with Crippen LogP contribution in [-0.2, 0) is 26.1 Å². The highest BCUT2D eigenvalue weighted by atomic mass is 19.3. The molecule has 2 bridgehead atoms. The highest BCUT2D eigenvalue weighted by Crippen LogP contribution is 2.36. The lowest BCUT2D eigenvalue weighted by molar-refractivity contribution is -0.135. The summed E-state index contributed by atoms with van der Waals surface area (Å²) in [4.78, 5) is 58.7. The Balaban J connectivity index is 0.810. The second kappa shape index (κ2) is 17.0. The molecule has 5 fully saturated rings. The molecule has 330 valence electrons. The van der Waals surface area contributed by atoms with E-state index in [2.05, 4.69) is 42.6 Å². The van der Waals surface area contributed by atoms with Gasteiger partial charge in [0.05, 0.1) is 60.7 Å². The van der Waals surface area contributed by atoms with E-state index in [4.69, 9.17) is 21.8 Å². The van der Waals surface area contributed by atoms with Crippen molar-refractivity contribution in [3.8, 4) is 11.8 Å². The molecule has 2 N–H and O–H groups in total. The average molecular weight is 875 g/mol. The van der Waals surface area contributed by atoms with E-state index >= 15 is 0 Å². The number of morpholine rings is 1. The summed E-state index contributed by atoms with van der Waals surface area (Å²) < 4.78 is 126. The molecule has 5 aliphatic rings. The number of benzene rings is 1. The van der Waals surface area contributed by atoms with Gasteiger partial charge in [-0.1, -0.05) is 17.9 Å². The third-order valence-corrected chi connectivity index (χ3v) is 12.4. The number of anilines is 2. The number of ether oxygens (including phenoxy) is 2. The lowest BCUT2D eigenvalue weighted by Gasteiger charge is -2.36. The zero-order valence-electron chi connectivity index (χ0n) is 43.0. The molecule has 17 nitrogen and oxygen atoms in total. The van der Waals surface area contributed by atoms with E-state index < -0.39 is 98.5 Å². The van der Waals surface area contributed by atoms with Gasteiger partial charge < -0.3 is 24.6 Å². The van der Waals surface area contributed by atoms with Gasteiger partial charge in [0.15, 0.2) is 11.3 Å². The molecule has 0 radical (unpaired) electrons. The first-order valence-electron chi connectivity index (χ1n) is 25.3. The van der Waals surface area contributed by atoms with Crippen LogP contribution in [0.15, 0.2) is 47.7 Å². The first kappa shape index (κ1) is 31.8.